The highest BCUT2D eigenvalue weighted by Gasteiger charge is 2.42. The molecule has 4 heteroatoms. The summed E-state index contributed by atoms with van der Waals surface area (Å²) in [5.74, 6) is 0. The second-order valence-corrected chi connectivity index (χ2v) is 6.63. The molecule has 1 saturated heterocycles. The summed E-state index contributed by atoms with van der Waals surface area (Å²) in [6.07, 6.45) is 5.98. The Morgan fingerprint density at radius 2 is 2.22 bits per heavy atom. The van der Waals surface area contributed by atoms with E-state index in [4.69, 9.17) is 16.3 Å². The summed E-state index contributed by atoms with van der Waals surface area (Å²) in [7, 11) is 0. The fraction of sp³-hybridized carbons (Fsp3) is 0.571. The molecule has 1 atom stereocenters. The van der Waals surface area contributed by atoms with Crippen molar-refractivity contribution >= 4 is 33.2 Å². The summed E-state index contributed by atoms with van der Waals surface area (Å²) >= 11 is 9.51. The van der Waals surface area contributed by atoms with Gasteiger partial charge in [-0.05, 0) is 66.2 Å². The average molecular weight is 331 g/mol. The van der Waals surface area contributed by atoms with Crippen molar-refractivity contribution in [1.82, 2.24) is 0 Å². The summed E-state index contributed by atoms with van der Waals surface area (Å²) in [4.78, 5) is 0. The first-order valence-corrected chi connectivity index (χ1v) is 7.70. The highest BCUT2D eigenvalue weighted by Crippen LogP contribution is 2.43. The topological polar surface area (TPSA) is 21.3 Å². The molecule has 1 aliphatic carbocycles. The van der Waals surface area contributed by atoms with Crippen LogP contribution in [0.1, 0.15) is 32.1 Å². The van der Waals surface area contributed by atoms with Gasteiger partial charge in [0, 0.05) is 27.8 Å². The normalized spacial score (nSPS) is 25.8. The number of ether oxygens (including phenoxy) is 1. The smallest absolute Gasteiger partial charge is 0.0702 e. The van der Waals surface area contributed by atoms with Gasteiger partial charge in [-0.25, -0.2) is 0 Å². The summed E-state index contributed by atoms with van der Waals surface area (Å²) < 4.78 is 6.98. The summed E-state index contributed by atoms with van der Waals surface area (Å²) in [6.45, 7) is 0.878. The largest absolute Gasteiger partial charge is 0.381 e. The lowest BCUT2D eigenvalue weighted by Gasteiger charge is -2.47. The van der Waals surface area contributed by atoms with Gasteiger partial charge in [-0.15, -0.1) is 0 Å². The number of nitrogens with one attached hydrogen (secondary N) is 1. The van der Waals surface area contributed by atoms with Crippen LogP contribution in [-0.4, -0.2) is 18.2 Å². The van der Waals surface area contributed by atoms with Crippen molar-refractivity contribution in [3.63, 3.8) is 0 Å². The van der Waals surface area contributed by atoms with Gasteiger partial charge >= 0.3 is 0 Å². The minimum absolute atomic E-state index is 0.189. The van der Waals surface area contributed by atoms with Crippen LogP contribution >= 0.6 is 27.5 Å². The van der Waals surface area contributed by atoms with Gasteiger partial charge in [0.15, 0.2) is 0 Å². The Morgan fingerprint density at radius 3 is 2.89 bits per heavy atom. The van der Waals surface area contributed by atoms with E-state index >= 15 is 0 Å². The summed E-state index contributed by atoms with van der Waals surface area (Å²) in [5, 5.41) is 4.37. The van der Waals surface area contributed by atoms with Crippen LogP contribution in [0.3, 0.4) is 0 Å². The molecule has 1 N–H and O–H groups in total. The van der Waals surface area contributed by atoms with Crippen molar-refractivity contribution in [1.29, 1.82) is 0 Å². The lowest BCUT2D eigenvalue weighted by atomic mass is 9.74. The SMILES string of the molecule is Clc1ccc(NC2CCOC3(CCC3)C2)c(Br)c1. The summed E-state index contributed by atoms with van der Waals surface area (Å²) in [5.41, 5.74) is 1.32. The third-order valence-corrected chi connectivity index (χ3v) is 4.94. The molecule has 0 amide bonds. The van der Waals surface area contributed by atoms with Crippen molar-refractivity contribution in [3.05, 3.63) is 27.7 Å². The Balaban J connectivity index is 1.68. The predicted octanol–water partition coefficient (Wildman–Crippen LogP) is 4.62. The fourth-order valence-corrected chi connectivity index (χ4v) is 3.69. The van der Waals surface area contributed by atoms with Crippen LogP contribution in [0.2, 0.25) is 5.02 Å². The lowest BCUT2D eigenvalue weighted by Crippen LogP contribution is -2.49. The van der Waals surface area contributed by atoms with E-state index in [-0.39, 0.29) is 5.60 Å². The minimum atomic E-state index is 0.189. The molecule has 0 bridgehead atoms. The third kappa shape index (κ3) is 2.54. The molecule has 2 fully saturated rings. The van der Waals surface area contributed by atoms with Crippen molar-refractivity contribution < 1.29 is 4.74 Å². The van der Waals surface area contributed by atoms with E-state index in [2.05, 4.69) is 21.2 Å². The molecule has 1 aliphatic heterocycles. The maximum Gasteiger partial charge on any atom is 0.0702 e. The molecular weight excluding hydrogens is 314 g/mol. The molecular formula is C14H17BrClNO. The Bertz CT molecular complexity index is 447. The number of hydrogen-bond acceptors (Lipinski definition) is 2. The molecule has 0 radical (unpaired) electrons. The zero-order valence-electron chi connectivity index (χ0n) is 10.2. The molecule has 1 spiro atoms. The Kier molecular flexibility index (Phi) is 3.57. The molecule has 1 unspecified atom stereocenters. The van der Waals surface area contributed by atoms with Crippen LogP contribution in [0.15, 0.2) is 22.7 Å². The van der Waals surface area contributed by atoms with E-state index < -0.39 is 0 Å². The van der Waals surface area contributed by atoms with Crippen LogP contribution in [0.5, 0.6) is 0 Å². The number of halogens is 2. The van der Waals surface area contributed by atoms with Gasteiger partial charge in [-0.3, -0.25) is 0 Å². The molecule has 18 heavy (non-hydrogen) atoms. The molecule has 1 saturated carbocycles. The second kappa shape index (κ2) is 5.03. The zero-order valence-corrected chi connectivity index (χ0v) is 12.6. The highest BCUT2D eigenvalue weighted by atomic mass is 79.9. The molecule has 2 nitrogen and oxygen atoms in total. The van der Waals surface area contributed by atoms with Crippen LogP contribution in [0.4, 0.5) is 5.69 Å². The minimum Gasteiger partial charge on any atom is -0.381 e. The third-order valence-electron chi connectivity index (χ3n) is 4.05. The highest BCUT2D eigenvalue weighted by molar-refractivity contribution is 9.10. The Labute approximate surface area is 121 Å². The van der Waals surface area contributed by atoms with Crippen LogP contribution in [-0.2, 0) is 4.74 Å². The number of anilines is 1. The molecule has 1 aromatic rings. The van der Waals surface area contributed by atoms with Gasteiger partial charge in [0.25, 0.3) is 0 Å². The monoisotopic (exact) mass is 329 g/mol. The van der Waals surface area contributed by atoms with E-state index in [0.717, 1.165) is 34.6 Å². The summed E-state index contributed by atoms with van der Waals surface area (Å²) in [6, 6.07) is 6.40. The number of benzene rings is 1. The van der Waals surface area contributed by atoms with Crippen LogP contribution < -0.4 is 5.32 Å². The van der Waals surface area contributed by atoms with E-state index in [0.29, 0.717) is 6.04 Å². The first-order chi connectivity index (χ1) is 8.67. The van der Waals surface area contributed by atoms with Crippen molar-refractivity contribution in [2.24, 2.45) is 0 Å². The second-order valence-electron chi connectivity index (χ2n) is 5.34. The lowest BCUT2D eigenvalue weighted by molar-refractivity contribution is -0.130. The number of rotatable bonds is 2. The molecule has 3 rings (SSSR count). The van der Waals surface area contributed by atoms with Crippen molar-refractivity contribution in [2.45, 2.75) is 43.7 Å². The van der Waals surface area contributed by atoms with Gasteiger partial charge in [0.1, 0.15) is 0 Å². The number of hydrogen-bond donors (Lipinski definition) is 1. The first kappa shape index (κ1) is 12.8. The fourth-order valence-electron chi connectivity index (χ4n) is 2.90. The standard InChI is InChI=1S/C14H17BrClNO/c15-12-8-10(16)2-3-13(12)17-11-4-7-18-14(9-11)5-1-6-14/h2-3,8,11,17H,1,4-7,9H2. The van der Waals surface area contributed by atoms with Gasteiger partial charge in [-0.2, -0.15) is 0 Å². The quantitative estimate of drug-likeness (QED) is 0.854. The Morgan fingerprint density at radius 1 is 1.39 bits per heavy atom. The van der Waals surface area contributed by atoms with E-state index in [1.54, 1.807) is 0 Å². The van der Waals surface area contributed by atoms with Crippen LogP contribution in [0, 0.1) is 0 Å². The first-order valence-electron chi connectivity index (χ1n) is 6.52. The molecule has 98 valence electrons. The van der Waals surface area contributed by atoms with Crippen molar-refractivity contribution in [3.8, 4) is 0 Å². The van der Waals surface area contributed by atoms with E-state index in [1.165, 1.54) is 19.3 Å². The average Bonchev–Trinajstić information content (AvgIpc) is 2.31. The zero-order chi connectivity index (χ0) is 12.6. The molecule has 1 heterocycles. The van der Waals surface area contributed by atoms with Crippen LogP contribution in [0.25, 0.3) is 0 Å². The maximum atomic E-state index is 5.96. The van der Waals surface area contributed by atoms with Gasteiger partial charge in [-0.1, -0.05) is 11.6 Å². The van der Waals surface area contributed by atoms with Gasteiger partial charge < -0.3 is 10.1 Å². The van der Waals surface area contributed by atoms with E-state index in [9.17, 15) is 0 Å². The van der Waals surface area contributed by atoms with Gasteiger partial charge in [0.2, 0.25) is 0 Å². The predicted molar refractivity (Wildman–Crippen MR) is 78.3 cm³/mol. The maximum absolute atomic E-state index is 5.96. The Hall–Kier alpha value is -0.250. The van der Waals surface area contributed by atoms with Crippen molar-refractivity contribution in [2.75, 3.05) is 11.9 Å². The van der Waals surface area contributed by atoms with Gasteiger partial charge in [0.05, 0.1) is 5.60 Å². The molecule has 0 aromatic heterocycles. The van der Waals surface area contributed by atoms with E-state index in [1.807, 2.05) is 18.2 Å². The molecule has 2 aliphatic rings. The molecule has 1 aromatic carbocycles.